The van der Waals surface area contributed by atoms with E-state index in [9.17, 15) is 19.2 Å². The fourth-order valence-electron chi connectivity index (χ4n) is 5.58. The number of hydrogen-bond acceptors (Lipinski definition) is 5. The minimum atomic E-state index is -0.704. The molecule has 3 amide bonds. The fraction of sp³-hybridized carbons (Fsp3) is 0.793. The highest BCUT2D eigenvalue weighted by Crippen LogP contribution is 2.26. The van der Waals surface area contributed by atoms with Crippen LogP contribution in [-0.2, 0) is 19.2 Å². The van der Waals surface area contributed by atoms with Crippen molar-refractivity contribution in [3.63, 3.8) is 0 Å². The lowest BCUT2D eigenvalue weighted by Gasteiger charge is -2.41. The molecule has 2 heterocycles. The van der Waals surface area contributed by atoms with Gasteiger partial charge >= 0.3 is 0 Å². The molecule has 37 heavy (non-hydrogen) atoms. The maximum Gasteiger partial charge on any atom is 0.249 e. The van der Waals surface area contributed by atoms with Crippen LogP contribution in [0.1, 0.15) is 87.5 Å². The van der Waals surface area contributed by atoms with Crippen LogP contribution >= 0.6 is 0 Å². The molecule has 0 aromatic heterocycles. The summed E-state index contributed by atoms with van der Waals surface area (Å²) in [4.78, 5) is 57.4. The Morgan fingerprint density at radius 1 is 1.00 bits per heavy atom. The first kappa shape index (κ1) is 31.0. The van der Waals surface area contributed by atoms with Crippen LogP contribution in [0.5, 0.6) is 0 Å². The summed E-state index contributed by atoms with van der Waals surface area (Å²) in [5.41, 5.74) is 0.0273. The lowest BCUT2D eigenvalue weighted by molar-refractivity contribution is -0.142. The molecular weight excluding hydrogens is 468 g/mol. The molecule has 2 aliphatic heterocycles. The Labute approximate surface area is 224 Å². The van der Waals surface area contributed by atoms with Crippen molar-refractivity contribution in [2.45, 2.75) is 118 Å². The molecule has 0 radical (unpaired) electrons. The van der Waals surface area contributed by atoms with Gasteiger partial charge in [-0.3, -0.25) is 19.3 Å². The van der Waals surface area contributed by atoms with Crippen LogP contribution in [0, 0.1) is 11.3 Å². The number of piperidine rings is 1. The van der Waals surface area contributed by atoms with Gasteiger partial charge in [0, 0.05) is 25.2 Å². The summed E-state index contributed by atoms with van der Waals surface area (Å²) < 4.78 is 0. The summed E-state index contributed by atoms with van der Waals surface area (Å²) in [7, 11) is 1.75. The zero-order valence-corrected chi connectivity index (χ0v) is 24.5. The van der Waals surface area contributed by atoms with Gasteiger partial charge in [-0.25, -0.2) is 0 Å². The molecule has 0 aromatic carbocycles. The van der Waals surface area contributed by atoms with Gasteiger partial charge in [-0.15, -0.1) is 0 Å². The number of nitrogens with one attached hydrogen (secondary N) is 1. The quantitative estimate of drug-likeness (QED) is 0.373. The maximum atomic E-state index is 13.9. The Balaban J connectivity index is 2.26. The van der Waals surface area contributed by atoms with Crippen molar-refractivity contribution >= 4 is 24.0 Å². The van der Waals surface area contributed by atoms with Gasteiger partial charge in [0.05, 0.1) is 18.1 Å². The first-order valence-electron chi connectivity index (χ1n) is 14.0. The number of rotatable bonds is 9. The Morgan fingerprint density at radius 3 is 2.19 bits per heavy atom. The standard InChI is InChI=1S/C29H50N4O4/c1-19(2)24(17-21(5)27(36)33-16-12-13-22(33)18-34)31(9)28(37)25(29(6,7)8)30-26(35)23-14-10-11-15-32(23)20(3)4/h17-20,22-25H,10-16H2,1-9H3,(H,30,35)/b21-17+/t22-,23?,24+,25+/m0/s1. The second-order valence-electron chi connectivity index (χ2n) is 12.5. The normalized spacial score (nSPS) is 23.2. The van der Waals surface area contributed by atoms with E-state index < -0.39 is 11.5 Å². The van der Waals surface area contributed by atoms with Crippen LogP contribution in [0.25, 0.3) is 0 Å². The van der Waals surface area contributed by atoms with Crippen LogP contribution in [0.4, 0.5) is 0 Å². The number of nitrogens with zero attached hydrogens (tertiary/aromatic N) is 3. The van der Waals surface area contributed by atoms with Crippen molar-refractivity contribution in [1.82, 2.24) is 20.0 Å². The number of likely N-dealkylation sites (N-methyl/N-ethyl adjacent to an activating group) is 1. The molecule has 0 bridgehead atoms. The molecule has 8 nitrogen and oxygen atoms in total. The van der Waals surface area contributed by atoms with Crippen molar-refractivity contribution in [3.05, 3.63) is 11.6 Å². The summed E-state index contributed by atoms with van der Waals surface area (Å²) in [6.45, 7) is 17.3. The molecule has 0 spiro atoms. The number of amides is 3. The Bertz CT molecular complexity index is 860. The van der Waals surface area contributed by atoms with E-state index in [1.165, 1.54) is 0 Å². The minimum absolute atomic E-state index is 0.0447. The van der Waals surface area contributed by atoms with E-state index in [0.29, 0.717) is 18.5 Å². The van der Waals surface area contributed by atoms with Gasteiger partial charge in [0.2, 0.25) is 17.7 Å². The van der Waals surface area contributed by atoms with Crippen LogP contribution in [-0.4, -0.2) is 89.1 Å². The summed E-state index contributed by atoms with van der Waals surface area (Å²) in [6, 6.07) is -1.39. The van der Waals surface area contributed by atoms with Crippen LogP contribution in [0.15, 0.2) is 11.6 Å². The van der Waals surface area contributed by atoms with Crippen LogP contribution in [0.3, 0.4) is 0 Å². The Kier molecular flexibility index (Phi) is 10.9. The average Bonchev–Trinajstić information content (AvgIpc) is 3.32. The molecule has 4 atom stereocenters. The predicted octanol–water partition coefficient (Wildman–Crippen LogP) is 3.40. The topological polar surface area (TPSA) is 90.0 Å². The molecule has 210 valence electrons. The van der Waals surface area contributed by atoms with Gasteiger partial charge in [-0.05, 0) is 64.3 Å². The van der Waals surface area contributed by atoms with Crippen molar-refractivity contribution < 1.29 is 19.2 Å². The molecule has 2 saturated heterocycles. The van der Waals surface area contributed by atoms with E-state index in [1.807, 2.05) is 40.7 Å². The number of likely N-dealkylation sites (tertiary alicyclic amines) is 2. The molecule has 1 unspecified atom stereocenters. The maximum absolute atomic E-state index is 13.9. The first-order valence-corrected chi connectivity index (χ1v) is 14.0. The molecule has 2 rings (SSSR count). The summed E-state index contributed by atoms with van der Waals surface area (Å²) in [6.07, 6.45) is 7.07. The van der Waals surface area contributed by atoms with Crippen LogP contribution < -0.4 is 5.32 Å². The van der Waals surface area contributed by atoms with Crippen molar-refractivity contribution in [1.29, 1.82) is 0 Å². The van der Waals surface area contributed by atoms with Crippen LogP contribution in [0.2, 0.25) is 0 Å². The fourth-order valence-corrected chi connectivity index (χ4v) is 5.58. The molecule has 2 aliphatic rings. The SMILES string of the molecule is C/C(=C\[C@H](C(C)C)N(C)C(=O)[C@@H](NC(=O)C1CCCCN1C(C)C)C(C)(C)C)C(=O)N1CCC[C@H]1C=O. The molecule has 8 heteroatoms. The minimum Gasteiger partial charge on any atom is -0.342 e. The molecule has 2 fully saturated rings. The van der Waals surface area contributed by atoms with Gasteiger partial charge in [0.1, 0.15) is 12.3 Å². The smallest absolute Gasteiger partial charge is 0.249 e. The summed E-state index contributed by atoms with van der Waals surface area (Å²) in [5.74, 6) is -0.377. The molecule has 0 aromatic rings. The second-order valence-corrected chi connectivity index (χ2v) is 12.5. The summed E-state index contributed by atoms with van der Waals surface area (Å²) in [5, 5.41) is 3.11. The third-order valence-corrected chi connectivity index (χ3v) is 7.86. The molecule has 0 aliphatic carbocycles. The highest BCUT2D eigenvalue weighted by atomic mass is 16.2. The highest BCUT2D eigenvalue weighted by molar-refractivity contribution is 5.95. The first-order chi connectivity index (χ1) is 17.2. The zero-order valence-electron chi connectivity index (χ0n) is 24.5. The third-order valence-electron chi connectivity index (χ3n) is 7.86. The van der Waals surface area contributed by atoms with Gasteiger partial charge in [-0.2, -0.15) is 0 Å². The van der Waals surface area contributed by atoms with E-state index in [4.69, 9.17) is 0 Å². The largest absolute Gasteiger partial charge is 0.342 e. The predicted molar refractivity (Wildman–Crippen MR) is 147 cm³/mol. The van der Waals surface area contributed by atoms with E-state index in [1.54, 1.807) is 23.8 Å². The molecule has 0 saturated carbocycles. The van der Waals surface area contributed by atoms with Crippen molar-refractivity contribution in [3.8, 4) is 0 Å². The number of carbonyl (C=O) groups excluding carboxylic acids is 4. The second kappa shape index (κ2) is 13.0. The molecule has 1 N–H and O–H groups in total. The summed E-state index contributed by atoms with van der Waals surface area (Å²) >= 11 is 0. The Morgan fingerprint density at radius 2 is 1.65 bits per heavy atom. The zero-order chi connectivity index (χ0) is 28.1. The lowest BCUT2D eigenvalue weighted by atomic mass is 9.84. The Hall–Kier alpha value is -2.22. The lowest BCUT2D eigenvalue weighted by Crippen LogP contribution is -2.60. The number of aldehydes is 1. The number of carbonyl (C=O) groups is 4. The van der Waals surface area contributed by atoms with Crippen molar-refractivity contribution in [2.24, 2.45) is 11.3 Å². The van der Waals surface area contributed by atoms with Crippen molar-refractivity contribution in [2.75, 3.05) is 20.1 Å². The van der Waals surface area contributed by atoms with Gasteiger partial charge in [-0.1, -0.05) is 47.1 Å². The van der Waals surface area contributed by atoms with Gasteiger partial charge in [0.25, 0.3) is 0 Å². The molecular formula is C29H50N4O4. The average molecular weight is 519 g/mol. The third kappa shape index (κ3) is 7.65. The van der Waals surface area contributed by atoms with E-state index in [-0.39, 0.29) is 47.8 Å². The monoisotopic (exact) mass is 518 g/mol. The van der Waals surface area contributed by atoms with E-state index >= 15 is 0 Å². The van der Waals surface area contributed by atoms with E-state index in [0.717, 1.165) is 38.5 Å². The number of hydrogen-bond donors (Lipinski definition) is 1. The highest BCUT2D eigenvalue weighted by Gasteiger charge is 2.40. The van der Waals surface area contributed by atoms with E-state index in [2.05, 4.69) is 24.1 Å². The van der Waals surface area contributed by atoms with Gasteiger partial charge in [0.15, 0.2) is 0 Å². The van der Waals surface area contributed by atoms with Gasteiger partial charge < -0.3 is 19.9 Å².